The molecule has 0 radical (unpaired) electrons. The summed E-state index contributed by atoms with van der Waals surface area (Å²) in [4.78, 5) is 13.0. The number of nitrogens with one attached hydrogen (secondary N) is 1. The largest absolute Gasteiger partial charge is 0.394 e. The summed E-state index contributed by atoms with van der Waals surface area (Å²) in [5.74, 6) is 0. The Labute approximate surface area is 115 Å². The van der Waals surface area contributed by atoms with Crippen molar-refractivity contribution >= 4 is 6.03 Å². The molecular formula is C11H20N2O7. The third-order valence-corrected chi connectivity index (χ3v) is 3.47. The Hall–Kier alpha value is -0.970. The highest BCUT2D eigenvalue weighted by atomic mass is 16.6. The quantitative estimate of drug-likeness (QED) is 0.377. The van der Waals surface area contributed by atoms with E-state index in [-0.39, 0.29) is 6.54 Å². The first-order chi connectivity index (χ1) is 9.49. The number of carbonyl (C=O) groups is 1. The minimum Gasteiger partial charge on any atom is -0.394 e. The van der Waals surface area contributed by atoms with Crippen LogP contribution in [0.3, 0.4) is 0 Å². The summed E-state index contributed by atoms with van der Waals surface area (Å²) in [7, 11) is 0. The molecule has 5 N–H and O–H groups in total. The average molecular weight is 292 g/mol. The Balaban J connectivity index is 2.09. The fraction of sp³-hybridized carbons (Fsp3) is 0.909. The number of ether oxygens (including phenoxy) is 2. The van der Waals surface area contributed by atoms with E-state index in [1.54, 1.807) is 6.92 Å². The lowest BCUT2D eigenvalue weighted by Gasteiger charge is -2.39. The van der Waals surface area contributed by atoms with Gasteiger partial charge in [-0.15, -0.1) is 0 Å². The lowest BCUT2D eigenvalue weighted by Crippen LogP contribution is -2.64. The average Bonchev–Trinajstić information content (AvgIpc) is 2.70. The molecule has 0 aromatic rings. The summed E-state index contributed by atoms with van der Waals surface area (Å²) >= 11 is 0. The van der Waals surface area contributed by atoms with Gasteiger partial charge in [-0.25, -0.2) is 4.79 Å². The van der Waals surface area contributed by atoms with E-state index in [0.29, 0.717) is 6.61 Å². The zero-order chi connectivity index (χ0) is 14.9. The fourth-order valence-electron chi connectivity index (χ4n) is 2.39. The van der Waals surface area contributed by atoms with Crippen LogP contribution in [-0.2, 0) is 9.47 Å². The zero-order valence-electron chi connectivity index (χ0n) is 11.0. The number of rotatable bonds is 4. The van der Waals surface area contributed by atoms with Crippen molar-refractivity contribution in [3.8, 4) is 0 Å². The van der Waals surface area contributed by atoms with Crippen LogP contribution in [0.25, 0.3) is 0 Å². The van der Waals surface area contributed by atoms with E-state index >= 15 is 0 Å². The van der Waals surface area contributed by atoms with Gasteiger partial charge in [-0.3, -0.25) is 4.90 Å². The maximum atomic E-state index is 11.9. The minimum absolute atomic E-state index is 0.00738. The van der Waals surface area contributed by atoms with Crippen molar-refractivity contribution in [3.63, 3.8) is 0 Å². The summed E-state index contributed by atoms with van der Waals surface area (Å²) in [6.07, 6.45) is -6.49. The Bertz CT molecular complexity index is 356. The first kappa shape index (κ1) is 15.4. The van der Waals surface area contributed by atoms with Gasteiger partial charge < -0.3 is 35.2 Å². The molecule has 116 valence electrons. The van der Waals surface area contributed by atoms with Crippen molar-refractivity contribution in [3.05, 3.63) is 0 Å². The van der Waals surface area contributed by atoms with Gasteiger partial charge >= 0.3 is 6.03 Å². The molecule has 9 heteroatoms. The molecule has 2 aliphatic heterocycles. The van der Waals surface area contributed by atoms with E-state index in [0.717, 1.165) is 4.90 Å². The number of hydrogen-bond acceptors (Lipinski definition) is 7. The maximum Gasteiger partial charge on any atom is 0.321 e. The van der Waals surface area contributed by atoms with Crippen molar-refractivity contribution < 1.29 is 34.7 Å². The van der Waals surface area contributed by atoms with Crippen LogP contribution in [0.15, 0.2) is 0 Å². The predicted octanol–water partition coefficient (Wildman–Crippen LogP) is -2.83. The maximum absolute atomic E-state index is 11.9. The lowest BCUT2D eigenvalue weighted by molar-refractivity contribution is -0.126. The first-order valence-electron chi connectivity index (χ1n) is 6.48. The highest BCUT2D eigenvalue weighted by molar-refractivity contribution is 5.75. The number of carbonyl (C=O) groups excluding carboxylic acids is 1. The van der Waals surface area contributed by atoms with E-state index in [1.807, 2.05) is 0 Å². The van der Waals surface area contributed by atoms with E-state index in [2.05, 4.69) is 5.32 Å². The molecule has 2 unspecified atom stereocenters. The van der Waals surface area contributed by atoms with Crippen LogP contribution in [0.5, 0.6) is 0 Å². The van der Waals surface area contributed by atoms with Gasteiger partial charge in [0.2, 0.25) is 0 Å². The van der Waals surface area contributed by atoms with Gasteiger partial charge in [0.05, 0.1) is 13.2 Å². The van der Waals surface area contributed by atoms with Crippen LogP contribution in [0, 0.1) is 0 Å². The van der Waals surface area contributed by atoms with E-state index in [9.17, 15) is 20.1 Å². The lowest BCUT2D eigenvalue weighted by atomic mass is 10.1. The molecule has 0 saturated carbocycles. The van der Waals surface area contributed by atoms with E-state index in [4.69, 9.17) is 14.6 Å². The Morgan fingerprint density at radius 1 is 1.40 bits per heavy atom. The number of aliphatic hydroxyl groups is 4. The normalized spacial score (nSPS) is 41.9. The van der Waals surface area contributed by atoms with Gasteiger partial charge in [-0.05, 0) is 6.92 Å². The Kier molecular flexibility index (Phi) is 4.78. The van der Waals surface area contributed by atoms with Crippen molar-refractivity contribution in [1.82, 2.24) is 10.2 Å². The van der Waals surface area contributed by atoms with Crippen LogP contribution in [0.4, 0.5) is 4.79 Å². The summed E-state index contributed by atoms with van der Waals surface area (Å²) in [6, 6.07) is -0.636. The molecule has 2 fully saturated rings. The molecule has 0 bridgehead atoms. The second-order valence-corrected chi connectivity index (χ2v) is 4.77. The molecule has 0 aromatic heterocycles. The summed E-state index contributed by atoms with van der Waals surface area (Å²) < 4.78 is 10.6. The molecule has 2 heterocycles. The Morgan fingerprint density at radius 2 is 2.10 bits per heavy atom. The number of aliphatic hydroxyl groups excluding tert-OH is 4. The number of hydrogen-bond donors (Lipinski definition) is 5. The number of urea groups is 1. The molecule has 2 aliphatic rings. The second-order valence-electron chi connectivity index (χ2n) is 4.77. The SMILES string of the molecule is CCOC1CN([C@@H]2O[C@H](CO)[C@@H](O)[C@@H]2O)C(=O)NC1O. The van der Waals surface area contributed by atoms with Gasteiger partial charge in [-0.1, -0.05) is 0 Å². The van der Waals surface area contributed by atoms with Crippen molar-refractivity contribution in [2.75, 3.05) is 19.8 Å². The monoisotopic (exact) mass is 292 g/mol. The molecule has 0 spiro atoms. The number of amides is 2. The van der Waals surface area contributed by atoms with Crippen molar-refractivity contribution in [2.24, 2.45) is 0 Å². The summed E-state index contributed by atoms with van der Waals surface area (Å²) in [5.41, 5.74) is 0. The van der Waals surface area contributed by atoms with E-state index in [1.165, 1.54) is 0 Å². The van der Waals surface area contributed by atoms with Crippen LogP contribution in [-0.4, -0.2) is 88.0 Å². The zero-order valence-corrected chi connectivity index (χ0v) is 11.0. The number of nitrogens with zero attached hydrogens (tertiary/aromatic N) is 1. The molecule has 0 aliphatic carbocycles. The Morgan fingerprint density at radius 3 is 2.65 bits per heavy atom. The van der Waals surface area contributed by atoms with Gasteiger partial charge in [-0.2, -0.15) is 0 Å². The molecule has 2 rings (SSSR count). The molecule has 0 aromatic carbocycles. The van der Waals surface area contributed by atoms with Crippen LogP contribution >= 0.6 is 0 Å². The van der Waals surface area contributed by atoms with Crippen LogP contribution < -0.4 is 5.32 Å². The van der Waals surface area contributed by atoms with Crippen molar-refractivity contribution in [2.45, 2.75) is 43.8 Å². The first-order valence-corrected chi connectivity index (χ1v) is 6.48. The third-order valence-electron chi connectivity index (χ3n) is 3.47. The van der Waals surface area contributed by atoms with Gasteiger partial charge in [0.15, 0.2) is 12.5 Å². The fourth-order valence-corrected chi connectivity index (χ4v) is 2.39. The minimum atomic E-state index is -1.34. The molecular weight excluding hydrogens is 272 g/mol. The van der Waals surface area contributed by atoms with Gasteiger partial charge in [0.25, 0.3) is 0 Å². The summed E-state index contributed by atoms with van der Waals surface area (Å²) in [5, 5.41) is 40.6. The topological polar surface area (TPSA) is 132 Å². The van der Waals surface area contributed by atoms with E-state index < -0.39 is 49.5 Å². The van der Waals surface area contributed by atoms with Crippen LogP contribution in [0.1, 0.15) is 6.92 Å². The molecule has 2 saturated heterocycles. The molecule has 20 heavy (non-hydrogen) atoms. The van der Waals surface area contributed by atoms with Crippen LogP contribution in [0.2, 0.25) is 0 Å². The highest BCUT2D eigenvalue weighted by Crippen LogP contribution is 2.26. The van der Waals surface area contributed by atoms with Crippen molar-refractivity contribution in [1.29, 1.82) is 0 Å². The predicted molar refractivity (Wildman–Crippen MR) is 64.4 cm³/mol. The molecule has 6 atom stereocenters. The highest BCUT2D eigenvalue weighted by Gasteiger charge is 2.49. The van der Waals surface area contributed by atoms with Gasteiger partial charge in [0.1, 0.15) is 24.4 Å². The standard InChI is InChI=1S/C11H20N2O7/c1-2-19-5-3-13(11(18)12-9(5)17)10-8(16)7(15)6(4-14)20-10/h5-10,14-17H,2-4H2,1H3,(H,12,18)/t5?,6-,7-,8+,9?,10-/m1/s1. The third kappa shape index (κ3) is 2.73. The molecule has 9 nitrogen and oxygen atoms in total. The molecule has 2 amide bonds. The smallest absolute Gasteiger partial charge is 0.321 e. The second kappa shape index (κ2) is 6.20. The van der Waals surface area contributed by atoms with Gasteiger partial charge in [0, 0.05) is 6.61 Å². The summed E-state index contributed by atoms with van der Waals surface area (Å²) in [6.45, 7) is 1.64.